The second-order valence-corrected chi connectivity index (χ2v) is 4.19. The van der Waals surface area contributed by atoms with E-state index in [0.29, 0.717) is 0 Å². The van der Waals surface area contributed by atoms with Crippen LogP contribution in [0.4, 0.5) is 0 Å². The molecule has 0 unspecified atom stereocenters. The molecule has 0 saturated carbocycles. The molecule has 0 fully saturated rings. The molecular formula is C14H8O2. The quantitative estimate of drug-likeness (QED) is 0.416. The molecule has 2 heteroatoms. The molecule has 0 N–H and O–H groups in total. The van der Waals surface area contributed by atoms with Crippen molar-refractivity contribution in [3.05, 3.63) is 58.7 Å². The van der Waals surface area contributed by atoms with Crippen LogP contribution in [-0.2, 0) is 6.42 Å². The van der Waals surface area contributed by atoms with Crippen molar-refractivity contribution in [1.82, 2.24) is 0 Å². The van der Waals surface area contributed by atoms with E-state index in [1.807, 2.05) is 36.4 Å². The van der Waals surface area contributed by atoms with E-state index in [1.165, 1.54) is 0 Å². The average molecular weight is 208 g/mol. The molecule has 76 valence electrons. The molecule has 1 aliphatic heterocycles. The van der Waals surface area contributed by atoms with Crippen molar-refractivity contribution >= 4 is 5.78 Å². The van der Waals surface area contributed by atoms with E-state index < -0.39 is 0 Å². The van der Waals surface area contributed by atoms with Crippen molar-refractivity contribution < 1.29 is 9.53 Å². The summed E-state index contributed by atoms with van der Waals surface area (Å²) in [5.74, 6) is 1.75. The number of carbonyl (C=O) groups excluding carboxylic acids is 1. The lowest BCUT2D eigenvalue weighted by Crippen LogP contribution is -2.13. The molecule has 0 spiro atoms. The van der Waals surface area contributed by atoms with E-state index in [2.05, 4.69) is 0 Å². The van der Waals surface area contributed by atoms with Gasteiger partial charge in [0.15, 0.2) is 17.3 Å². The molecule has 0 amide bonds. The fourth-order valence-corrected chi connectivity index (χ4v) is 2.41. The standard InChI is InChI=1S/C14H8O2/c15-13-10-4-2-1-3-8(10)7-9-5-6-11-14(16-11)12(9)13/h1-6H,7H2. The smallest absolute Gasteiger partial charge is 0.197 e. The Morgan fingerprint density at radius 3 is 2.81 bits per heavy atom. The number of benzene rings is 2. The number of ketones is 1. The minimum absolute atomic E-state index is 0.103. The lowest BCUT2D eigenvalue weighted by atomic mass is 9.85. The lowest BCUT2D eigenvalue weighted by Gasteiger charge is -2.16. The fraction of sp³-hybridized carbons (Fsp3) is 0.0714. The Labute approximate surface area is 92.5 Å². The van der Waals surface area contributed by atoms with Gasteiger partial charge in [0.2, 0.25) is 0 Å². The molecule has 4 rings (SSSR count). The van der Waals surface area contributed by atoms with Gasteiger partial charge in [0.05, 0.1) is 5.56 Å². The lowest BCUT2D eigenvalue weighted by molar-refractivity contribution is 0.103. The van der Waals surface area contributed by atoms with Crippen molar-refractivity contribution in [1.29, 1.82) is 0 Å². The Morgan fingerprint density at radius 1 is 1.00 bits per heavy atom. The first-order valence-corrected chi connectivity index (χ1v) is 5.31. The Hall–Kier alpha value is -2.09. The second-order valence-electron chi connectivity index (χ2n) is 4.19. The number of carbonyl (C=O) groups is 1. The van der Waals surface area contributed by atoms with Crippen LogP contribution < -0.4 is 4.74 Å². The monoisotopic (exact) mass is 208 g/mol. The minimum Gasteiger partial charge on any atom is -0.449 e. The van der Waals surface area contributed by atoms with E-state index in [4.69, 9.17) is 4.74 Å². The molecule has 2 nitrogen and oxygen atoms in total. The van der Waals surface area contributed by atoms with Crippen LogP contribution in [0.1, 0.15) is 27.0 Å². The zero-order valence-corrected chi connectivity index (χ0v) is 8.49. The third kappa shape index (κ3) is 0.890. The molecule has 0 radical (unpaired) electrons. The maximum Gasteiger partial charge on any atom is 0.197 e. The molecule has 1 aliphatic carbocycles. The van der Waals surface area contributed by atoms with Gasteiger partial charge in [-0.15, -0.1) is 0 Å². The largest absolute Gasteiger partial charge is 0.449 e. The molecular weight excluding hydrogens is 200 g/mol. The first kappa shape index (κ1) is 8.11. The van der Waals surface area contributed by atoms with Crippen molar-refractivity contribution in [2.45, 2.75) is 6.42 Å². The van der Waals surface area contributed by atoms with Crippen LogP contribution >= 0.6 is 0 Å². The number of rotatable bonds is 0. The van der Waals surface area contributed by atoms with E-state index in [-0.39, 0.29) is 5.78 Å². The van der Waals surface area contributed by atoms with Crippen molar-refractivity contribution in [3.8, 4) is 11.5 Å². The minimum atomic E-state index is 0.103. The van der Waals surface area contributed by atoms with Gasteiger partial charge in [0, 0.05) is 5.56 Å². The summed E-state index contributed by atoms with van der Waals surface area (Å²) < 4.78 is 5.30. The van der Waals surface area contributed by atoms with E-state index in [9.17, 15) is 4.79 Å². The van der Waals surface area contributed by atoms with Gasteiger partial charge >= 0.3 is 0 Å². The van der Waals surface area contributed by atoms with Gasteiger partial charge in [-0.25, -0.2) is 0 Å². The highest BCUT2D eigenvalue weighted by Crippen LogP contribution is 2.51. The third-order valence-electron chi connectivity index (χ3n) is 3.25. The van der Waals surface area contributed by atoms with Crippen LogP contribution in [0.3, 0.4) is 0 Å². The van der Waals surface area contributed by atoms with Crippen LogP contribution in [0, 0.1) is 0 Å². The number of ether oxygens (including phenoxy) is 1. The van der Waals surface area contributed by atoms with Crippen LogP contribution in [0.25, 0.3) is 0 Å². The number of hydrogen-bond acceptors (Lipinski definition) is 2. The predicted molar refractivity (Wildman–Crippen MR) is 59.2 cm³/mol. The van der Waals surface area contributed by atoms with Gasteiger partial charge in [-0.1, -0.05) is 30.3 Å². The van der Waals surface area contributed by atoms with Gasteiger partial charge in [0.25, 0.3) is 0 Å². The van der Waals surface area contributed by atoms with Crippen molar-refractivity contribution in [2.24, 2.45) is 0 Å². The van der Waals surface area contributed by atoms with Crippen molar-refractivity contribution in [3.63, 3.8) is 0 Å². The predicted octanol–water partition coefficient (Wildman–Crippen LogP) is 2.93. The van der Waals surface area contributed by atoms with Gasteiger partial charge in [-0.2, -0.15) is 0 Å². The van der Waals surface area contributed by atoms with Crippen LogP contribution in [0.2, 0.25) is 0 Å². The van der Waals surface area contributed by atoms with E-state index >= 15 is 0 Å². The molecule has 2 aliphatic rings. The normalized spacial score (nSPS) is 14.6. The Balaban J connectivity index is 2.01. The van der Waals surface area contributed by atoms with Crippen LogP contribution in [0.15, 0.2) is 36.4 Å². The average Bonchev–Trinajstić information content (AvgIpc) is 3.08. The summed E-state index contributed by atoms with van der Waals surface area (Å²) in [6, 6.07) is 11.7. The molecule has 0 atom stereocenters. The van der Waals surface area contributed by atoms with Gasteiger partial charge in [-0.3, -0.25) is 4.79 Å². The summed E-state index contributed by atoms with van der Waals surface area (Å²) in [7, 11) is 0. The summed E-state index contributed by atoms with van der Waals surface area (Å²) in [6.45, 7) is 0. The van der Waals surface area contributed by atoms with E-state index in [0.717, 1.165) is 40.2 Å². The highest BCUT2D eigenvalue weighted by Gasteiger charge is 2.34. The highest BCUT2D eigenvalue weighted by atomic mass is 16.6. The molecule has 16 heavy (non-hydrogen) atoms. The SMILES string of the molecule is O=C1c2ccccc2Cc2ccc3c(c21)O3. The summed E-state index contributed by atoms with van der Waals surface area (Å²) >= 11 is 0. The zero-order chi connectivity index (χ0) is 10.7. The maximum absolute atomic E-state index is 12.3. The zero-order valence-electron chi connectivity index (χ0n) is 8.49. The number of fused-ring (bicyclic) bond motifs is 4. The fourth-order valence-electron chi connectivity index (χ4n) is 2.41. The summed E-state index contributed by atoms with van der Waals surface area (Å²) in [6.07, 6.45) is 0.827. The first-order chi connectivity index (χ1) is 7.84. The molecule has 0 bridgehead atoms. The summed E-state index contributed by atoms with van der Waals surface area (Å²) in [4.78, 5) is 12.3. The number of hydrogen-bond donors (Lipinski definition) is 0. The Kier molecular flexibility index (Phi) is 1.28. The molecule has 0 aromatic heterocycles. The molecule has 2 aromatic rings. The topological polar surface area (TPSA) is 29.6 Å². The van der Waals surface area contributed by atoms with Crippen molar-refractivity contribution in [2.75, 3.05) is 0 Å². The maximum atomic E-state index is 12.3. The molecule has 1 heterocycles. The highest BCUT2D eigenvalue weighted by molar-refractivity contribution is 6.15. The second kappa shape index (κ2) is 2.53. The molecule has 0 saturated heterocycles. The first-order valence-electron chi connectivity index (χ1n) is 5.31. The third-order valence-corrected chi connectivity index (χ3v) is 3.25. The van der Waals surface area contributed by atoms with Gasteiger partial charge in [-0.05, 0) is 23.6 Å². The summed E-state index contributed by atoms with van der Waals surface area (Å²) in [5.41, 5.74) is 3.79. The van der Waals surface area contributed by atoms with Gasteiger partial charge in [0.1, 0.15) is 0 Å². The van der Waals surface area contributed by atoms with Crippen LogP contribution in [0.5, 0.6) is 11.5 Å². The Morgan fingerprint density at radius 2 is 1.88 bits per heavy atom. The summed E-state index contributed by atoms with van der Waals surface area (Å²) in [5, 5.41) is 0. The van der Waals surface area contributed by atoms with Crippen LogP contribution in [-0.4, -0.2) is 5.78 Å². The Bertz CT molecular complexity index is 641. The van der Waals surface area contributed by atoms with Gasteiger partial charge < -0.3 is 4.74 Å². The molecule has 2 aromatic carbocycles. The van der Waals surface area contributed by atoms with E-state index in [1.54, 1.807) is 0 Å².